The number of amides is 2. The van der Waals surface area contributed by atoms with Gasteiger partial charge in [0.25, 0.3) is 0 Å². The Morgan fingerprint density at radius 3 is 2.60 bits per heavy atom. The number of methoxy groups -OCH3 is 1. The van der Waals surface area contributed by atoms with Crippen LogP contribution in [0.4, 0.5) is 10.5 Å². The molecule has 0 bridgehead atoms. The van der Waals surface area contributed by atoms with Gasteiger partial charge < -0.3 is 15.4 Å². The van der Waals surface area contributed by atoms with Crippen molar-refractivity contribution in [3.05, 3.63) is 77.9 Å². The van der Waals surface area contributed by atoms with Gasteiger partial charge in [-0.2, -0.15) is 0 Å². The monoisotopic (exact) mass is 420 g/mol. The molecule has 0 aliphatic heterocycles. The fraction of sp³-hybridized carbons (Fsp3) is 0.136. The molecule has 0 radical (unpaired) electrons. The predicted molar refractivity (Wildman–Crippen MR) is 117 cm³/mol. The number of alkyl carbamates (subject to hydrolysis) is 1. The van der Waals surface area contributed by atoms with Gasteiger partial charge in [0.2, 0.25) is 5.91 Å². The Hall–Kier alpha value is -3.65. The fourth-order valence-corrected chi connectivity index (χ4v) is 3.78. The van der Waals surface area contributed by atoms with Gasteiger partial charge in [-0.15, -0.1) is 11.3 Å². The highest BCUT2D eigenvalue weighted by molar-refractivity contribution is 7.15. The van der Waals surface area contributed by atoms with Gasteiger partial charge in [-0.3, -0.25) is 9.20 Å². The number of benzene rings is 2. The molecular weight excluding hydrogens is 400 g/mol. The summed E-state index contributed by atoms with van der Waals surface area (Å²) in [6.45, 7) is 0. The summed E-state index contributed by atoms with van der Waals surface area (Å²) in [4.78, 5) is 30.0. The van der Waals surface area contributed by atoms with Gasteiger partial charge in [-0.25, -0.2) is 9.78 Å². The molecule has 0 aliphatic carbocycles. The Morgan fingerprint density at radius 1 is 1.13 bits per heavy atom. The van der Waals surface area contributed by atoms with Crippen molar-refractivity contribution >= 4 is 34.0 Å². The van der Waals surface area contributed by atoms with Gasteiger partial charge in [-0.05, 0) is 17.7 Å². The van der Waals surface area contributed by atoms with Crippen molar-refractivity contribution < 1.29 is 14.3 Å². The van der Waals surface area contributed by atoms with Crippen LogP contribution < -0.4 is 10.6 Å². The maximum Gasteiger partial charge on any atom is 0.407 e. The number of anilines is 1. The third-order valence-corrected chi connectivity index (χ3v) is 5.39. The SMILES string of the molecule is COC(=O)N[C@H](Cc1ccccc1)C(=O)Nc1ccc(-c2cn3ccsc3n2)cc1. The van der Waals surface area contributed by atoms with Crippen molar-refractivity contribution in [2.24, 2.45) is 0 Å². The highest BCUT2D eigenvalue weighted by Crippen LogP contribution is 2.23. The molecule has 152 valence electrons. The Balaban J connectivity index is 1.46. The third-order valence-electron chi connectivity index (χ3n) is 4.62. The van der Waals surface area contributed by atoms with Gasteiger partial charge in [0, 0.05) is 35.4 Å². The second-order valence-electron chi connectivity index (χ2n) is 6.66. The zero-order chi connectivity index (χ0) is 20.9. The van der Waals surface area contributed by atoms with E-state index in [2.05, 4.69) is 20.4 Å². The summed E-state index contributed by atoms with van der Waals surface area (Å²) in [6.07, 6.45) is 3.63. The Bertz CT molecular complexity index is 1120. The number of carbonyl (C=O) groups excluding carboxylic acids is 2. The summed E-state index contributed by atoms with van der Waals surface area (Å²) in [5.74, 6) is -0.320. The molecule has 8 heteroatoms. The zero-order valence-corrected chi connectivity index (χ0v) is 17.1. The predicted octanol–water partition coefficient (Wildman–Crippen LogP) is 3.97. The topological polar surface area (TPSA) is 84.7 Å². The first-order valence-corrected chi connectivity index (χ1v) is 10.2. The Labute approximate surface area is 177 Å². The molecule has 2 aromatic carbocycles. The van der Waals surface area contributed by atoms with E-state index in [0.717, 1.165) is 21.8 Å². The number of nitrogens with zero attached hydrogens (tertiary/aromatic N) is 2. The van der Waals surface area contributed by atoms with Crippen LogP contribution in [-0.2, 0) is 16.0 Å². The molecular formula is C22H20N4O3S. The van der Waals surface area contributed by atoms with Crippen molar-refractivity contribution in [3.8, 4) is 11.3 Å². The number of thiazole rings is 1. The fourth-order valence-electron chi connectivity index (χ4n) is 3.08. The minimum atomic E-state index is -0.764. The molecule has 2 amide bonds. The molecule has 4 aromatic rings. The largest absolute Gasteiger partial charge is 0.453 e. The number of rotatable bonds is 6. The molecule has 2 N–H and O–H groups in total. The summed E-state index contributed by atoms with van der Waals surface area (Å²) in [6, 6.07) is 16.2. The van der Waals surface area contributed by atoms with Crippen LogP contribution in [0.3, 0.4) is 0 Å². The number of carbonyl (C=O) groups is 2. The maximum atomic E-state index is 12.8. The number of aromatic nitrogens is 2. The van der Waals surface area contributed by atoms with Gasteiger partial charge in [0.1, 0.15) is 6.04 Å². The first kappa shape index (κ1) is 19.7. The minimum absolute atomic E-state index is 0.320. The van der Waals surface area contributed by atoms with Crippen LogP contribution in [0.5, 0.6) is 0 Å². The van der Waals surface area contributed by atoms with Crippen LogP contribution in [0.1, 0.15) is 5.56 Å². The lowest BCUT2D eigenvalue weighted by Gasteiger charge is -2.18. The molecule has 4 rings (SSSR count). The average Bonchev–Trinajstić information content (AvgIpc) is 3.37. The highest BCUT2D eigenvalue weighted by atomic mass is 32.1. The van der Waals surface area contributed by atoms with E-state index in [4.69, 9.17) is 0 Å². The van der Waals surface area contributed by atoms with E-state index < -0.39 is 12.1 Å². The van der Waals surface area contributed by atoms with E-state index in [-0.39, 0.29) is 5.91 Å². The van der Waals surface area contributed by atoms with E-state index in [1.165, 1.54) is 7.11 Å². The van der Waals surface area contributed by atoms with E-state index in [9.17, 15) is 9.59 Å². The molecule has 1 atom stereocenters. The quantitative estimate of drug-likeness (QED) is 0.494. The van der Waals surface area contributed by atoms with E-state index in [1.807, 2.05) is 76.8 Å². The van der Waals surface area contributed by atoms with Crippen molar-refractivity contribution in [1.29, 1.82) is 0 Å². The lowest BCUT2D eigenvalue weighted by atomic mass is 10.1. The van der Waals surface area contributed by atoms with E-state index >= 15 is 0 Å². The van der Waals surface area contributed by atoms with E-state index in [1.54, 1.807) is 11.3 Å². The van der Waals surface area contributed by atoms with Gasteiger partial charge in [0.15, 0.2) is 4.96 Å². The smallest absolute Gasteiger partial charge is 0.407 e. The van der Waals surface area contributed by atoms with Crippen LogP contribution >= 0.6 is 11.3 Å². The number of nitrogens with one attached hydrogen (secondary N) is 2. The van der Waals surface area contributed by atoms with Crippen molar-refractivity contribution in [3.63, 3.8) is 0 Å². The molecule has 0 saturated heterocycles. The lowest BCUT2D eigenvalue weighted by molar-refractivity contribution is -0.118. The number of ether oxygens (including phenoxy) is 1. The number of hydrogen-bond donors (Lipinski definition) is 2. The van der Waals surface area contributed by atoms with Crippen molar-refractivity contribution in [2.75, 3.05) is 12.4 Å². The molecule has 0 spiro atoms. The highest BCUT2D eigenvalue weighted by Gasteiger charge is 2.22. The first-order valence-electron chi connectivity index (χ1n) is 9.34. The first-order chi connectivity index (χ1) is 14.6. The summed E-state index contributed by atoms with van der Waals surface area (Å²) in [5.41, 5.74) is 3.39. The molecule has 0 aliphatic rings. The minimum Gasteiger partial charge on any atom is -0.453 e. The molecule has 0 fully saturated rings. The van der Waals surface area contributed by atoms with Crippen molar-refractivity contribution in [1.82, 2.24) is 14.7 Å². The maximum absolute atomic E-state index is 12.8. The lowest BCUT2D eigenvalue weighted by Crippen LogP contribution is -2.45. The Morgan fingerprint density at radius 2 is 1.90 bits per heavy atom. The van der Waals surface area contributed by atoms with E-state index in [0.29, 0.717) is 12.1 Å². The molecule has 7 nitrogen and oxygen atoms in total. The van der Waals surface area contributed by atoms with Crippen LogP contribution in [0.2, 0.25) is 0 Å². The number of fused-ring (bicyclic) bond motifs is 1. The molecule has 2 heterocycles. The van der Waals surface area contributed by atoms with Gasteiger partial charge in [-0.1, -0.05) is 42.5 Å². The van der Waals surface area contributed by atoms with Crippen LogP contribution in [-0.4, -0.2) is 34.5 Å². The average molecular weight is 420 g/mol. The Kier molecular flexibility index (Phi) is 5.76. The van der Waals surface area contributed by atoms with Gasteiger partial charge >= 0.3 is 6.09 Å². The summed E-state index contributed by atoms with van der Waals surface area (Å²) in [5, 5.41) is 7.44. The van der Waals surface area contributed by atoms with Gasteiger partial charge in [0.05, 0.1) is 12.8 Å². The number of hydrogen-bond acceptors (Lipinski definition) is 5. The molecule has 0 unspecified atom stereocenters. The van der Waals surface area contributed by atoms with Crippen LogP contribution in [0.25, 0.3) is 16.2 Å². The number of imidazole rings is 1. The second-order valence-corrected chi connectivity index (χ2v) is 7.54. The molecule has 0 saturated carbocycles. The normalized spacial score (nSPS) is 11.8. The summed E-state index contributed by atoms with van der Waals surface area (Å²) in [7, 11) is 1.27. The second kappa shape index (κ2) is 8.79. The summed E-state index contributed by atoms with van der Waals surface area (Å²) < 4.78 is 6.64. The van der Waals surface area contributed by atoms with Crippen LogP contribution in [0.15, 0.2) is 72.4 Å². The summed E-state index contributed by atoms with van der Waals surface area (Å²) >= 11 is 1.57. The molecule has 30 heavy (non-hydrogen) atoms. The standard InChI is InChI=1S/C22H20N4O3S/c1-29-22(28)25-18(13-15-5-3-2-4-6-15)20(27)23-17-9-7-16(8-10-17)19-14-26-11-12-30-21(26)24-19/h2-12,14,18H,13H2,1H3,(H,23,27)(H,25,28)/t18-/m1/s1. The molecule has 2 aromatic heterocycles. The zero-order valence-electron chi connectivity index (χ0n) is 16.2. The van der Waals surface area contributed by atoms with Crippen LogP contribution in [0, 0.1) is 0 Å². The third kappa shape index (κ3) is 4.49. The van der Waals surface area contributed by atoms with Crippen molar-refractivity contribution in [2.45, 2.75) is 12.5 Å².